The van der Waals surface area contributed by atoms with Gasteiger partial charge in [-0.15, -0.1) is 0 Å². The Balaban J connectivity index is 1.89. The third-order valence-corrected chi connectivity index (χ3v) is 7.94. The molecule has 160 valence electrons. The van der Waals surface area contributed by atoms with E-state index in [2.05, 4.69) is 5.10 Å². The molecular weight excluding hydrogens is 454 g/mol. The number of Topliss-reactive ketones (excluding diaryl/α,β-unsaturated/α-hetero) is 1. The maximum absolute atomic E-state index is 12.8. The monoisotopic (exact) mass is 473 g/mol. The number of carbonyl (C=O) groups is 2. The molecule has 1 spiro atoms. The maximum Gasteiger partial charge on any atom is 0.346 e. The molecule has 0 N–H and O–H groups in total. The molecule has 2 heterocycles. The largest absolute Gasteiger partial charge is 0.462 e. The summed E-state index contributed by atoms with van der Waals surface area (Å²) in [7, 11) is 0. The highest BCUT2D eigenvalue weighted by molar-refractivity contribution is 8.29. The van der Waals surface area contributed by atoms with Crippen LogP contribution in [-0.2, 0) is 14.3 Å². The molecule has 0 amide bonds. The number of allylic oxidation sites excluding steroid dienone is 1. The Morgan fingerprint density at radius 3 is 2.35 bits per heavy atom. The second-order valence-electron chi connectivity index (χ2n) is 6.81. The Labute approximate surface area is 194 Å². The fourth-order valence-corrected chi connectivity index (χ4v) is 6.46. The average molecular weight is 474 g/mol. The van der Waals surface area contributed by atoms with Crippen LogP contribution in [0, 0.1) is 0 Å². The molecule has 0 unspecified atom stereocenters. The minimum Gasteiger partial charge on any atom is -0.462 e. The van der Waals surface area contributed by atoms with Gasteiger partial charge >= 0.3 is 5.97 Å². The lowest BCUT2D eigenvalue weighted by molar-refractivity contribution is -0.137. The van der Waals surface area contributed by atoms with Crippen LogP contribution >= 0.6 is 35.1 Å². The van der Waals surface area contributed by atoms with Crippen molar-refractivity contribution in [1.29, 1.82) is 0 Å². The van der Waals surface area contributed by atoms with E-state index in [1.54, 1.807) is 24.1 Å². The summed E-state index contributed by atoms with van der Waals surface area (Å²) >= 11 is 8.74. The van der Waals surface area contributed by atoms with Crippen LogP contribution in [0.1, 0.15) is 20.8 Å². The second-order valence-corrected chi connectivity index (χ2v) is 9.84. The van der Waals surface area contributed by atoms with E-state index in [1.807, 2.05) is 54.3 Å². The van der Waals surface area contributed by atoms with Gasteiger partial charge in [-0.05, 0) is 62.0 Å². The summed E-state index contributed by atoms with van der Waals surface area (Å²) < 4.78 is 4.38. The molecule has 4 rings (SSSR count). The van der Waals surface area contributed by atoms with Crippen LogP contribution in [0.5, 0.6) is 0 Å². The molecule has 1 atom stereocenters. The van der Waals surface area contributed by atoms with Crippen molar-refractivity contribution in [1.82, 2.24) is 0 Å². The summed E-state index contributed by atoms with van der Waals surface area (Å²) in [5.74, 6) is -0.535. The molecule has 31 heavy (non-hydrogen) atoms. The van der Waals surface area contributed by atoms with Gasteiger partial charge in [0, 0.05) is 23.3 Å². The number of halogens is 1. The van der Waals surface area contributed by atoms with Crippen LogP contribution in [-0.4, -0.2) is 27.7 Å². The van der Waals surface area contributed by atoms with Crippen molar-refractivity contribution in [2.75, 3.05) is 16.5 Å². The number of carbonyl (C=O) groups excluding carboxylic acids is 2. The van der Waals surface area contributed by atoms with Gasteiger partial charge in [-0.2, -0.15) is 5.10 Å². The third-order valence-electron chi connectivity index (χ3n) is 4.72. The smallest absolute Gasteiger partial charge is 0.346 e. The number of hydrogen-bond donors (Lipinski definition) is 0. The van der Waals surface area contributed by atoms with Crippen LogP contribution < -0.4 is 9.91 Å². The first-order valence-electron chi connectivity index (χ1n) is 9.64. The quantitative estimate of drug-likeness (QED) is 0.534. The van der Waals surface area contributed by atoms with Gasteiger partial charge in [0.15, 0.2) is 10.8 Å². The lowest BCUT2D eigenvalue weighted by Crippen LogP contribution is -2.49. The molecule has 0 aliphatic carbocycles. The zero-order chi connectivity index (χ0) is 22.2. The molecular formula is C22H20ClN3O3S2. The van der Waals surface area contributed by atoms with Gasteiger partial charge in [0.2, 0.25) is 4.33 Å². The number of nitrogens with zero attached hydrogens (tertiary/aromatic N) is 3. The van der Waals surface area contributed by atoms with E-state index < -0.39 is 10.3 Å². The van der Waals surface area contributed by atoms with Crippen molar-refractivity contribution in [3.63, 3.8) is 0 Å². The van der Waals surface area contributed by atoms with Gasteiger partial charge in [-0.25, -0.2) is 9.80 Å². The number of hydrazone groups is 1. The van der Waals surface area contributed by atoms with Crippen LogP contribution in [0.15, 0.2) is 70.3 Å². The highest BCUT2D eigenvalue weighted by Gasteiger charge is 2.57. The van der Waals surface area contributed by atoms with Crippen molar-refractivity contribution in [3.05, 3.63) is 70.2 Å². The van der Waals surface area contributed by atoms with E-state index in [0.717, 1.165) is 17.1 Å². The van der Waals surface area contributed by atoms with Gasteiger partial charge in [-0.3, -0.25) is 4.79 Å². The Morgan fingerprint density at radius 1 is 1.06 bits per heavy atom. The minimum atomic E-state index is -0.942. The van der Waals surface area contributed by atoms with Gasteiger partial charge in [0.1, 0.15) is 4.91 Å². The summed E-state index contributed by atoms with van der Waals surface area (Å²) in [6.07, 6.45) is 0. The summed E-state index contributed by atoms with van der Waals surface area (Å²) in [5, 5.41) is 7.39. The van der Waals surface area contributed by atoms with Crippen molar-refractivity contribution < 1.29 is 14.3 Å². The number of para-hydroxylation sites is 1. The Kier molecular flexibility index (Phi) is 6.05. The SMILES string of the molecule is CCOC(=O)C1=C(C)N(c2ccccc2)[C@]2(SC(C(C)=O)=NN2c2ccc(Cl)cc2)S1. The van der Waals surface area contributed by atoms with Gasteiger partial charge in [0.05, 0.1) is 12.3 Å². The number of rotatable bonds is 5. The Bertz CT molecular complexity index is 1090. The Morgan fingerprint density at radius 2 is 1.74 bits per heavy atom. The standard InChI is InChI=1S/C22H20ClN3O3S2/c1-4-29-21(28)19-14(2)25(17-8-6-5-7-9-17)22(30-19)26(24-20(31-22)15(3)27)18-12-10-16(23)11-13-18/h5-13H,4H2,1-3H3/t22-/m1/s1. The molecule has 0 saturated heterocycles. The number of hydrogen-bond acceptors (Lipinski definition) is 8. The molecule has 2 aromatic rings. The van der Waals surface area contributed by atoms with Crippen molar-refractivity contribution in [2.45, 2.75) is 25.1 Å². The minimum absolute atomic E-state index is 0.142. The first-order chi connectivity index (χ1) is 14.9. The van der Waals surface area contributed by atoms with Crippen LogP contribution in [0.3, 0.4) is 0 Å². The summed E-state index contributed by atoms with van der Waals surface area (Å²) in [4.78, 5) is 27.6. The fraction of sp³-hybridized carbons (Fsp3) is 0.227. The molecule has 0 fully saturated rings. The molecule has 0 bridgehead atoms. The van der Waals surface area contributed by atoms with Crippen LogP contribution in [0.4, 0.5) is 11.4 Å². The molecule has 0 radical (unpaired) electrons. The maximum atomic E-state index is 12.8. The predicted octanol–water partition coefficient (Wildman–Crippen LogP) is 5.46. The van der Waals surface area contributed by atoms with Crippen molar-refractivity contribution in [3.8, 4) is 0 Å². The predicted molar refractivity (Wildman–Crippen MR) is 128 cm³/mol. The van der Waals surface area contributed by atoms with Crippen molar-refractivity contribution in [2.24, 2.45) is 5.10 Å². The number of thioether (sulfide) groups is 2. The third kappa shape index (κ3) is 3.84. The lowest BCUT2D eigenvalue weighted by Gasteiger charge is -2.41. The number of benzene rings is 2. The topological polar surface area (TPSA) is 62.2 Å². The normalized spacial score (nSPS) is 20.5. The zero-order valence-electron chi connectivity index (χ0n) is 17.2. The zero-order valence-corrected chi connectivity index (χ0v) is 19.6. The molecule has 2 aromatic carbocycles. The number of ether oxygens (including phenoxy) is 1. The first-order valence-corrected chi connectivity index (χ1v) is 11.6. The number of ketones is 1. The van der Waals surface area contributed by atoms with Gasteiger partial charge in [-0.1, -0.05) is 41.6 Å². The van der Waals surface area contributed by atoms with Gasteiger partial charge < -0.3 is 9.64 Å². The van der Waals surface area contributed by atoms with E-state index >= 15 is 0 Å². The molecule has 0 aromatic heterocycles. The lowest BCUT2D eigenvalue weighted by atomic mass is 10.2. The van der Waals surface area contributed by atoms with Crippen LogP contribution in [0.25, 0.3) is 0 Å². The first kappa shape index (κ1) is 21.8. The van der Waals surface area contributed by atoms with E-state index in [9.17, 15) is 9.59 Å². The van der Waals surface area contributed by atoms with E-state index in [1.165, 1.54) is 30.4 Å². The van der Waals surface area contributed by atoms with Gasteiger partial charge in [0.25, 0.3) is 0 Å². The van der Waals surface area contributed by atoms with E-state index in [4.69, 9.17) is 16.3 Å². The highest BCUT2D eigenvalue weighted by Crippen LogP contribution is 2.60. The highest BCUT2D eigenvalue weighted by atomic mass is 35.5. The summed E-state index contributed by atoms with van der Waals surface area (Å²) in [6.45, 7) is 5.43. The fourth-order valence-electron chi connectivity index (χ4n) is 3.38. The molecule has 2 aliphatic heterocycles. The molecule has 2 aliphatic rings. The molecule has 0 saturated carbocycles. The molecule has 6 nitrogen and oxygen atoms in total. The van der Waals surface area contributed by atoms with Crippen LogP contribution in [0.2, 0.25) is 5.02 Å². The van der Waals surface area contributed by atoms with Crippen molar-refractivity contribution >= 4 is 63.3 Å². The van der Waals surface area contributed by atoms with E-state index in [0.29, 0.717) is 15.0 Å². The van der Waals surface area contributed by atoms with E-state index in [-0.39, 0.29) is 12.4 Å². The Hall–Kier alpha value is -2.42. The number of anilines is 2. The summed E-state index contributed by atoms with van der Waals surface area (Å²) in [6, 6.07) is 17.0. The average Bonchev–Trinajstić information content (AvgIpc) is 3.28. The molecule has 9 heteroatoms. The summed E-state index contributed by atoms with van der Waals surface area (Å²) in [5.41, 5.74) is 2.36. The number of esters is 1. The second kappa shape index (κ2) is 8.61.